The van der Waals surface area contributed by atoms with Crippen molar-refractivity contribution in [1.82, 2.24) is 42.1 Å². The van der Waals surface area contributed by atoms with Crippen LogP contribution < -0.4 is 70.6 Å². The van der Waals surface area contributed by atoms with E-state index in [2.05, 4.69) is 42.2 Å². The van der Waals surface area contributed by atoms with E-state index in [9.17, 15) is 52.7 Å². The van der Waals surface area contributed by atoms with Crippen molar-refractivity contribution in [2.24, 2.45) is 33.7 Å². The van der Waals surface area contributed by atoms with Gasteiger partial charge in [0.05, 0.1) is 19.6 Å². The number of carbonyl (C=O) groups excluding carboxylic acids is 11. The maximum atomic E-state index is 14.6. The van der Waals surface area contributed by atoms with Crippen molar-refractivity contribution < 1.29 is 57.5 Å². The number of amides is 11. The molecule has 17 N–H and O–H groups in total. The highest BCUT2D eigenvalue weighted by Crippen LogP contribution is 2.26. The van der Waals surface area contributed by atoms with Crippen LogP contribution in [0, 0.1) is 0 Å². The van der Waals surface area contributed by atoms with E-state index in [-0.39, 0.29) is 69.1 Å². The Morgan fingerprint density at radius 2 is 1.37 bits per heavy atom. The van der Waals surface area contributed by atoms with E-state index in [0.29, 0.717) is 29.9 Å². The molecule has 2 aromatic carbocycles. The van der Waals surface area contributed by atoms with Crippen LogP contribution in [0.15, 0.2) is 59.6 Å². The highest BCUT2D eigenvalue weighted by molar-refractivity contribution is 8.76. The molecule has 2 aliphatic heterocycles. The molecule has 0 radical (unpaired) electrons. The van der Waals surface area contributed by atoms with Gasteiger partial charge in [-0.3, -0.25) is 57.7 Å². The van der Waals surface area contributed by atoms with Gasteiger partial charge in [0.25, 0.3) is 0 Å². The molecule has 2 fully saturated rings. The summed E-state index contributed by atoms with van der Waals surface area (Å²) in [7, 11) is 2.22. The van der Waals surface area contributed by atoms with Gasteiger partial charge in [-0.05, 0) is 62.3 Å². The maximum absolute atomic E-state index is 14.6. The van der Waals surface area contributed by atoms with Gasteiger partial charge >= 0.3 is 0 Å². The van der Waals surface area contributed by atoms with Crippen molar-refractivity contribution in [3.05, 3.63) is 65.7 Å². The summed E-state index contributed by atoms with van der Waals surface area (Å²) in [5.74, 6) is -8.95. The van der Waals surface area contributed by atoms with Crippen molar-refractivity contribution in [2.75, 3.05) is 37.7 Å². The Balaban J connectivity index is 1.69. The molecule has 3 unspecified atom stereocenters. The van der Waals surface area contributed by atoms with Gasteiger partial charge in [-0.15, -0.1) is 0 Å². The average Bonchev–Trinajstić information content (AvgIpc) is 3.87. The van der Waals surface area contributed by atoms with Crippen LogP contribution in [0.1, 0.15) is 69.4 Å². The molecule has 76 heavy (non-hydrogen) atoms. The molecule has 2 heterocycles. The number of hydrogen-bond donors (Lipinski definition) is 12. The van der Waals surface area contributed by atoms with Crippen LogP contribution >= 0.6 is 21.6 Å². The molecule has 0 spiro atoms. The van der Waals surface area contributed by atoms with Crippen LogP contribution in [-0.2, 0) is 65.6 Å². The van der Waals surface area contributed by atoms with Gasteiger partial charge in [0.2, 0.25) is 65.0 Å². The number of primary amides is 3. The van der Waals surface area contributed by atoms with Crippen LogP contribution in [0.4, 0.5) is 0 Å². The van der Waals surface area contributed by atoms with Crippen LogP contribution in [-0.4, -0.2) is 156 Å². The minimum atomic E-state index is -1.76. The number of benzene rings is 2. The summed E-state index contributed by atoms with van der Waals surface area (Å²) in [4.78, 5) is 153. The molecule has 28 heteroatoms. The lowest BCUT2D eigenvalue weighted by Gasteiger charge is -2.31. The Morgan fingerprint density at radius 3 is 2.00 bits per heavy atom. The Labute approximate surface area is 446 Å². The number of ether oxygens (including phenoxy) is 1. The normalized spacial score (nSPS) is 21.4. The fourth-order valence-electron chi connectivity index (χ4n) is 8.04. The minimum Gasteiger partial charge on any atom is -0.494 e. The van der Waals surface area contributed by atoms with Crippen LogP contribution in [0.25, 0.3) is 0 Å². The molecule has 0 saturated carbocycles. The monoisotopic (exact) mass is 1100 g/mol. The van der Waals surface area contributed by atoms with E-state index in [0.717, 1.165) is 21.6 Å². The molecular formula is C48H68N14O12S2. The van der Waals surface area contributed by atoms with Crippen LogP contribution in [0.3, 0.4) is 0 Å². The molecular weight excluding hydrogens is 1030 g/mol. The summed E-state index contributed by atoms with van der Waals surface area (Å²) < 4.78 is 5.56. The number of carbonyl (C=O) groups is 11. The lowest BCUT2D eigenvalue weighted by Crippen LogP contribution is -2.61. The number of nitrogens with one attached hydrogen (secondary N) is 7. The number of nitrogens with zero attached hydrogens (tertiary/aromatic N) is 2. The van der Waals surface area contributed by atoms with Gasteiger partial charge in [-0.1, -0.05) is 64.1 Å². The highest BCUT2D eigenvalue weighted by atomic mass is 33.1. The van der Waals surface area contributed by atoms with Crippen molar-refractivity contribution in [1.29, 1.82) is 0 Å². The standard InChI is InChI=1S/C48H68N14O12S2/c1-2-74-29-14-12-28(13-15-29)23-32-43(69)59-33(22-27-8-4-3-5-9-27)44(70)57-31(16-17-37(49)63)42(68)60-34(24-38(50)64)45(71)61-35(26-76-75-21-18-40(66)56-32)47(73)62-20-7-11-36(62)46(72)58-30(10-6-19-54-48(52)53)41(67)55-25-39(51)65/h3-5,8-9,12-15,30-36H,2,6-7,10-11,16-26H2,1H3,(H2,49,63)(H2,50,64)(H2,51,65)(H,55,67)(H,56,66)(H,57,70)(H,58,72)(H,59,69)(H,60,68)(H,61,71)(H4,52,53,54)/t30-,31-,32?,33?,34-,35?,36-/m0/s1. The minimum absolute atomic E-state index is 0.0159. The van der Waals surface area contributed by atoms with Crippen molar-refractivity contribution in [2.45, 2.75) is 113 Å². The Morgan fingerprint density at radius 1 is 0.750 bits per heavy atom. The zero-order chi connectivity index (χ0) is 55.7. The molecule has 0 aliphatic carbocycles. The molecule has 2 aliphatic rings. The summed E-state index contributed by atoms with van der Waals surface area (Å²) in [6.07, 6.45) is -1.19. The summed E-state index contributed by atoms with van der Waals surface area (Å²) in [6, 6.07) is 5.66. The SMILES string of the molecule is CCOc1ccc(CC2NC(=O)CCSSCC(C(=O)N3CCC[C@H]3C(=O)N[C@@H](CCCN=C(N)N)C(=O)NCC(N)=O)NC(=O)[C@H](CC(N)=O)NC(=O)[C@H](CCC(N)=O)NC(=O)C(Cc3ccccc3)NC2=O)cc1. The molecule has 2 aromatic rings. The Bertz CT molecular complexity index is 2410. The molecule has 11 amide bonds. The first-order chi connectivity index (χ1) is 36.2. The molecule has 0 aromatic heterocycles. The van der Waals surface area contributed by atoms with E-state index in [1.807, 2.05) is 6.92 Å². The number of aliphatic imine (C=N–C) groups is 1. The summed E-state index contributed by atoms with van der Waals surface area (Å²) in [5.41, 5.74) is 28.3. The second-order valence-electron chi connectivity index (χ2n) is 17.8. The lowest BCUT2D eigenvalue weighted by molar-refractivity contribution is -0.142. The maximum Gasteiger partial charge on any atom is 0.246 e. The third-order valence-electron chi connectivity index (χ3n) is 11.8. The first-order valence-corrected chi connectivity index (χ1v) is 27.0. The number of hydrogen-bond acceptors (Lipinski definition) is 15. The van der Waals surface area contributed by atoms with E-state index in [4.69, 9.17) is 33.4 Å². The average molecular weight is 1100 g/mol. The van der Waals surface area contributed by atoms with E-state index >= 15 is 0 Å². The summed E-state index contributed by atoms with van der Waals surface area (Å²) in [5, 5.41) is 18.1. The topological polar surface area (TPSA) is 427 Å². The predicted molar refractivity (Wildman–Crippen MR) is 282 cm³/mol. The first-order valence-electron chi connectivity index (χ1n) is 24.5. The predicted octanol–water partition coefficient (Wildman–Crippen LogP) is -3.65. The third-order valence-corrected chi connectivity index (χ3v) is 14.2. The van der Waals surface area contributed by atoms with Crippen molar-refractivity contribution in [3.8, 4) is 5.75 Å². The molecule has 414 valence electrons. The van der Waals surface area contributed by atoms with E-state index in [1.165, 1.54) is 4.90 Å². The van der Waals surface area contributed by atoms with Gasteiger partial charge in [0.15, 0.2) is 5.96 Å². The Kier molecular flexibility index (Phi) is 25.1. The van der Waals surface area contributed by atoms with Crippen LogP contribution in [0.2, 0.25) is 0 Å². The second kappa shape index (κ2) is 31.3. The van der Waals surface area contributed by atoms with Crippen molar-refractivity contribution in [3.63, 3.8) is 0 Å². The van der Waals surface area contributed by atoms with E-state index in [1.54, 1.807) is 54.6 Å². The molecule has 4 rings (SSSR count). The fraction of sp³-hybridized carbons (Fsp3) is 0.500. The van der Waals surface area contributed by atoms with Gasteiger partial charge in [-0.2, -0.15) is 0 Å². The Hall–Kier alpha value is -7.62. The van der Waals surface area contributed by atoms with Gasteiger partial charge in [0.1, 0.15) is 48.0 Å². The largest absolute Gasteiger partial charge is 0.494 e. The molecule has 2 saturated heterocycles. The summed E-state index contributed by atoms with van der Waals surface area (Å²) >= 11 is 0. The number of rotatable bonds is 21. The molecule has 0 bridgehead atoms. The fourth-order valence-corrected chi connectivity index (χ4v) is 10.2. The molecule has 26 nitrogen and oxygen atoms in total. The number of guanidine groups is 1. The van der Waals surface area contributed by atoms with Gasteiger partial charge in [-0.25, -0.2) is 0 Å². The second-order valence-corrected chi connectivity index (χ2v) is 20.4. The molecule has 7 atom stereocenters. The zero-order valence-corrected chi connectivity index (χ0v) is 43.7. The number of nitrogens with two attached hydrogens (primary N) is 5. The van der Waals surface area contributed by atoms with Gasteiger partial charge < -0.3 is 75.5 Å². The van der Waals surface area contributed by atoms with E-state index < -0.39 is 133 Å². The third kappa shape index (κ3) is 20.9. The smallest absolute Gasteiger partial charge is 0.246 e. The lowest BCUT2D eigenvalue weighted by atomic mass is 10.0. The summed E-state index contributed by atoms with van der Waals surface area (Å²) in [6.45, 7) is 1.86. The van der Waals surface area contributed by atoms with Crippen LogP contribution in [0.5, 0.6) is 5.75 Å². The highest BCUT2D eigenvalue weighted by Gasteiger charge is 2.40. The van der Waals surface area contributed by atoms with Crippen molar-refractivity contribution >= 4 is 92.5 Å². The zero-order valence-electron chi connectivity index (χ0n) is 42.0. The van der Waals surface area contributed by atoms with Gasteiger partial charge in [0, 0.05) is 50.3 Å². The number of likely N-dealkylation sites (tertiary alicyclic amines) is 1. The first kappa shape index (κ1) is 60.9. The quantitative estimate of drug-likeness (QED) is 0.0248.